The van der Waals surface area contributed by atoms with Crippen LogP contribution in [-0.4, -0.2) is 22.0 Å². The highest BCUT2D eigenvalue weighted by molar-refractivity contribution is 7.18. The number of anilines is 2. The van der Waals surface area contributed by atoms with E-state index in [1.807, 2.05) is 19.9 Å². The van der Waals surface area contributed by atoms with Gasteiger partial charge in [0.15, 0.2) is 5.82 Å². The molecule has 2 aromatic rings. The minimum absolute atomic E-state index is 0.0473. The molecule has 0 bridgehead atoms. The zero-order valence-corrected chi connectivity index (χ0v) is 12.6. The third-order valence-corrected chi connectivity index (χ3v) is 4.42. The maximum atomic E-state index is 12.2. The summed E-state index contributed by atoms with van der Waals surface area (Å²) in [5, 5.41) is 13.1. The molecule has 2 aromatic heterocycles. The lowest BCUT2D eigenvalue weighted by Gasteiger charge is -2.00. The molecule has 110 valence electrons. The Balaban J connectivity index is 1.70. The van der Waals surface area contributed by atoms with E-state index >= 15 is 0 Å². The lowest BCUT2D eigenvalue weighted by molar-refractivity contribution is -0.117. The van der Waals surface area contributed by atoms with Crippen molar-refractivity contribution < 1.29 is 9.59 Å². The van der Waals surface area contributed by atoms with Crippen molar-refractivity contribution in [1.82, 2.24) is 10.2 Å². The fraction of sp³-hybridized carbons (Fsp3) is 0.357. The number of hydrogen-bond donors (Lipinski definition) is 3. The normalized spacial score (nSPS) is 14.0. The van der Waals surface area contributed by atoms with E-state index in [4.69, 9.17) is 0 Å². The number of hydrogen-bond acceptors (Lipinski definition) is 4. The summed E-state index contributed by atoms with van der Waals surface area (Å²) in [4.78, 5) is 24.5. The van der Waals surface area contributed by atoms with Gasteiger partial charge in [-0.05, 0) is 38.3 Å². The standard InChI is InChI=1S/C14H16N4O2S/c1-7-5-11(16-13(19)9-3-4-9)21-12(7)14(20)15-10-6-8(2)17-18-10/h5-6,9H,3-4H2,1-2H3,(H,16,19)(H2,15,17,18,20). The van der Waals surface area contributed by atoms with Gasteiger partial charge in [0, 0.05) is 17.7 Å². The number of nitrogens with one attached hydrogen (secondary N) is 3. The molecule has 0 aromatic carbocycles. The number of aromatic amines is 1. The molecule has 0 unspecified atom stereocenters. The van der Waals surface area contributed by atoms with E-state index in [0.717, 1.165) is 24.1 Å². The summed E-state index contributed by atoms with van der Waals surface area (Å²) < 4.78 is 0. The van der Waals surface area contributed by atoms with E-state index < -0.39 is 0 Å². The smallest absolute Gasteiger partial charge is 0.267 e. The van der Waals surface area contributed by atoms with Crippen molar-refractivity contribution in [3.05, 3.63) is 28.3 Å². The molecule has 21 heavy (non-hydrogen) atoms. The van der Waals surface area contributed by atoms with Gasteiger partial charge in [-0.2, -0.15) is 5.10 Å². The summed E-state index contributed by atoms with van der Waals surface area (Å²) in [6.45, 7) is 3.72. The van der Waals surface area contributed by atoms with Crippen molar-refractivity contribution in [1.29, 1.82) is 0 Å². The van der Waals surface area contributed by atoms with Crippen LogP contribution in [0.25, 0.3) is 0 Å². The zero-order valence-electron chi connectivity index (χ0n) is 11.8. The molecular formula is C14H16N4O2S. The van der Waals surface area contributed by atoms with Gasteiger partial charge in [0.1, 0.15) is 0 Å². The van der Waals surface area contributed by atoms with Crippen LogP contribution < -0.4 is 10.6 Å². The molecule has 0 spiro atoms. The highest BCUT2D eigenvalue weighted by Crippen LogP contribution is 2.33. The number of amides is 2. The molecular weight excluding hydrogens is 288 g/mol. The van der Waals surface area contributed by atoms with Gasteiger partial charge in [0.05, 0.1) is 9.88 Å². The molecule has 1 fully saturated rings. The number of aromatic nitrogens is 2. The van der Waals surface area contributed by atoms with Crippen molar-refractivity contribution in [2.45, 2.75) is 26.7 Å². The van der Waals surface area contributed by atoms with E-state index in [2.05, 4.69) is 20.8 Å². The highest BCUT2D eigenvalue weighted by atomic mass is 32.1. The lowest BCUT2D eigenvalue weighted by atomic mass is 10.2. The molecule has 3 rings (SSSR count). The van der Waals surface area contributed by atoms with Gasteiger partial charge < -0.3 is 10.6 Å². The van der Waals surface area contributed by atoms with E-state index in [-0.39, 0.29) is 17.7 Å². The summed E-state index contributed by atoms with van der Waals surface area (Å²) in [5.74, 6) is 0.479. The van der Waals surface area contributed by atoms with Crippen LogP contribution in [0.15, 0.2) is 12.1 Å². The SMILES string of the molecule is Cc1cc(NC(=O)c2sc(NC(=O)C3CC3)cc2C)n[nH]1. The van der Waals surface area contributed by atoms with Gasteiger partial charge >= 0.3 is 0 Å². The van der Waals surface area contributed by atoms with Crippen molar-refractivity contribution in [3.63, 3.8) is 0 Å². The molecule has 7 heteroatoms. The van der Waals surface area contributed by atoms with Gasteiger partial charge in [-0.3, -0.25) is 14.7 Å². The van der Waals surface area contributed by atoms with Gasteiger partial charge in [-0.15, -0.1) is 11.3 Å². The molecule has 0 saturated heterocycles. The van der Waals surface area contributed by atoms with Crippen molar-refractivity contribution in [3.8, 4) is 0 Å². The average Bonchev–Trinajstić information content (AvgIpc) is 3.11. The largest absolute Gasteiger partial charge is 0.317 e. The molecule has 0 radical (unpaired) electrons. The van der Waals surface area contributed by atoms with Crippen LogP contribution in [0.4, 0.5) is 10.8 Å². The maximum Gasteiger partial charge on any atom is 0.267 e. The Labute approximate surface area is 125 Å². The van der Waals surface area contributed by atoms with Gasteiger partial charge in [-0.25, -0.2) is 0 Å². The maximum absolute atomic E-state index is 12.2. The second-order valence-corrected chi connectivity index (χ2v) is 6.33. The topological polar surface area (TPSA) is 86.9 Å². The van der Waals surface area contributed by atoms with Crippen LogP contribution in [0.3, 0.4) is 0 Å². The summed E-state index contributed by atoms with van der Waals surface area (Å²) >= 11 is 1.29. The summed E-state index contributed by atoms with van der Waals surface area (Å²) in [7, 11) is 0. The third kappa shape index (κ3) is 3.13. The van der Waals surface area contributed by atoms with Gasteiger partial charge in [-0.1, -0.05) is 0 Å². The number of H-pyrrole nitrogens is 1. The summed E-state index contributed by atoms with van der Waals surface area (Å²) in [5.41, 5.74) is 1.72. The minimum Gasteiger partial charge on any atom is -0.317 e. The minimum atomic E-state index is -0.212. The van der Waals surface area contributed by atoms with Crippen LogP contribution in [0.5, 0.6) is 0 Å². The van der Waals surface area contributed by atoms with Crippen LogP contribution in [-0.2, 0) is 4.79 Å². The Bertz CT molecular complexity index is 700. The molecule has 2 amide bonds. The molecule has 2 heterocycles. The fourth-order valence-corrected chi connectivity index (χ4v) is 2.96. The molecule has 1 aliphatic carbocycles. The zero-order chi connectivity index (χ0) is 15.0. The van der Waals surface area contributed by atoms with E-state index in [1.165, 1.54) is 11.3 Å². The second kappa shape index (κ2) is 5.33. The van der Waals surface area contributed by atoms with E-state index in [1.54, 1.807) is 6.07 Å². The molecule has 1 saturated carbocycles. The fourth-order valence-electron chi connectivity index (χ4n) is 1.99. The van der Waals surface area contributed by atoms with Crippen molar-refractivity contribution in [2.24, 2.45) is 5.92 Å². The first-order valence-corrected chi connectivity index (χ1v) is 7.59. The Kier molecular flexibility index (Phi) is 3.50. The van der Waals surface area contributed by atoms with Crippen LogP contribution in [0, 0.1) is 19.8 Å². The molecule has 1 aliphatic rings. The predicted molar refractivity (Wildman–Crippen MR) is 81.7 cm³/mol. The van der Waals surface area contributed by atoms with Crippen LogP contribution in [0.2, 0.25) is 0 Å². The Morgan fingerprint density at radius 2 is 2.05 bits per heavy atom. The third-order valence-electron chi connectivity index (χ3n) is 3.27. The Hall–Kier alpha value is -2.15. The van der Waals surface area contributed by atoms with Crippen molar-refractivity contribution in [2.75, 3.05) is 10.6 Å². The second-order valence-electron chi connectivity index (χ2n) is 5.28. The Morgan fingerprint density at radius 1 is 1.29 bits per heavy atom. The number of carbonyl (C=O) groups is 2. The average molecular weight is 304 g/mol. The van der Waals surface area contributed by atoms with Crippen LogP contribution in [0.1, 0.15) is 33.8 Å². The Morgan fingerprint density at radius 3 is 2.67 bits per heavy atom. The molecule has 6 nitrogen and oxygen atoms in total. The van der Waals surface area contributed by atoms with Crippen LogP contribution >= 0.6 is 11.3 Å². The molecule has 3 N–H and O–H groups in total. The quantitative estimate of drug-likeness (QED) is 0.811. The highest BCUT2D eigenvalue weighted by Gasteiger charge is 2.30. The van der Waals surface area contributed by atoms with Gasteiger partial charge in [0.2, 0.25) is 5.91 Å². The number of rotatable bonds is 4. The summed E-state index contributed by atoms with van der Waals surface area (Å²) in [6, 6.07) is 3.59. The first-order chi connectivity index (χ1) is 10.0. The molecule has 0 atom stereocenters. The monoisotopic (exact) mass is 304 g/mol. The van der Waals surface area contributed by atoms with Crippen molar-refractivity contribution >= 4 is 34.0 Å². The number of aryl methyl sites for hydroxylation is 2. The molecule has 0 aliphatic heterocycles. The lowest BCUT2D eigenvalue weighted by Crippen LogP contribution is -2.12. The summed E-state index contributed by atoms with van der Waals surface area (Å²) in [6.07, 6.45) is 1.92. The predicted octanol–water partition coefficient (Wildman–Crippen LogP) is 2.69. The van der Waals surface area contributed by atoms with E-state index in [0.29, 0.717) is 15.7 Å². The number of thiophene rings is 1. The first kappa shape index (κ1) is 13.8. The first-order valence-electron chi connectivity index (χ1n) is 6.77. The van der Waals surface area contributed by atoms with Gasteiger partial charge in [0.25, 0.3) is 5.91 Å². The van der Waals surface area contributed by atoms with E-state index in [9.17, 15) is 9.59 Å². The number of carbonyl (C=O) groups excluding carboxylic acids is 2. The number of nitrogens with zero attached hydrogens (tertiary/aromatic N) is 1.